The Kier molecular flexibility index (Phi) is 5.60. The Labute approximate surface area is 157 Å². The summed E-state index contributed by atoms with van der Waals surface area (Å²) in [6.07, 6.45) is 11.2. The molecular weight excluding hydrogens is 326 g/mol. The number of likely N-dealkylation sites (tertiary alicyclic amines) is 3. The Morgan fingerprint density at radius 2 is 1.85 bits per heavy atom. The highest BCUT2D eigenvalue weighted by Crippen LogP contribution is 2.26. The summed E-state index contributed by atoms with van der Waals surface area (Å²) in [4.78, 5) is 20.1. The highest BCUT2D eigenvalue weighted by atomic mass is 16.2. The fourth-order valence-electron chi connectivity index (χ4n) is 4.99. The van der Waals surface area contributed by atoms with Gasteiger partial charge in [-0.15, -0.1) is 0 Å². The van der Waals surface area contributed by atoms with Gasteiger partial charge in [0.05, 0.1) is 12.1 Å². The van der Waals surface area contributed by atoms with Crippen LogP contribution in [0.5, 0.6) is 0 Å². The van der Waals surface area contributed by atoms with Crippen molar-refractivity contribution in [2.45, 2.75) is 51.1 Å². The molecule has 1 unspecified atom stereocenters. The zero-order valence-corrected chi connectivity index (χ0v) is 16.1. The van der Waals surface area contributed by atoms with E-state index in [0.29, 0.717) is 11.9 Å². The summed E-state index contributed by atoms with van der Waals surface area (Å²) in [6, 6.07) is 0.661. The zero-order chi connectivity index (χ0) is 17.9. The molecule has 0 bridgehead atoms. The van der Waals surface area contributed by atoms with Crippen LogP contribution in [-0.2, 0) is 18.4 Å². The van der Waals surface area contributed by atoms with Crippen molar-refractivity contribution in [1.29, 1.82) is 0 Å². The molecule has 6 heteroatoms. The van der Waals surface area contributed by atoms with E-state index >= 15 is 0 Å². The Balaban J connectivity index is 1.26. The predicted octanol–water partition coefficient (Wildman–Crippen LogP) is 1.72. The molecule has 0 radical (unpaired) electrons. The lowest BCUT2D eigenvalue weighted by Crippen LogP contribution is -2.50. The monoisotopic (exact) mass is 359 g/mol. The second-order valence-electron chi connectivity index (χ2n) is 8.40. The third kappa shape index (κ3) is 4.12. The van der Waals surface area contributed by atoms with Crippen LogP contribution in [0.25, 0.3) is 0 Å². The van der Waals surface area contributed by atoms with Crippen molar-refractivity contribution >= 4 is 5.91 Å². The number of aromatic nitrogens is 2. The van der Waals surface area contributed by atoms with Gasteiger partial charge in [0.25, 0.3) is 0 Å². The number of hydrogen-bond donors (Lipinski definition) is 0. The molecule has 0 aliphatic carbocycles. The van der Waals surface area contributed by atoms with Crippen LogP contribution in [0, 0.1) is 5.92 Å². The average molecular weight is 360 g/mol. The van der Waals surface area contributed by atoms with Crippen molar-refractivity contribution < 1.29 is 4.79 Å². The van der Waals surface area contributed by atoms with Gasteiger partial charge >= 0.3 is 0 Å². The lowest BCUT2D eigenvalue weighted by Gasteiger charge is -2.42. The quantitative estimate of drug-likeness (QED) is 0.821. The van der Waals surface area contributed by atoms with Gasteiger partial charge in [0.1, 0.15) is 0 Å². The summed E-state index contributed by atoms with van der Waals surface area (Å²) in [6.45, 7) is 7.46. The molecule has 3 fully saturated rings. The molecular formula is C20H33N5O. The molecule has 3 aliphatic rings. The topological polar surface area (TPSA) is 44.6 Å². The molecule has 144 valence electrons. The summed E-state index contributed by atoms with van der Waals surface area (Å²) in [5.41, 5.74) is 1.31. The van der Waals surface area contributed by atoms with Crippen molar-refractivity contribution in [1.82, 2.24) is 24.5 Å². The highest BCUT2D eigenvalue weighted by Gasteiger charge is 2.34. The van der Waals surface area contributed by atoms with Crippen molar-refractivity contribution in [3.05, 3.63) is 18.0 Å². The number of nitrogens with zero attached hydrogens (tertiary/aromatic N) is 5. The van der Waals surface area contributed by atoms with Crippen LogP contribution in [0.15, 0.2) is 12.4 Å². The van der Waals surface area contributed by atoms with E-state index in [9.17, 15) is 4.79 Å². The van der Waals surface area contributed by atoms with E-state index in [0.717, 1.165) is 45.7 Å². The van der Waals surface area contributed by atoms with Crippen LogP contribution in [0.2, 0.25) is 0 Å². The fourth-order valence-corrected chi connectivity index (χ4v) is 4.99. The smallest absolute Gasteiger partial charge is 0.226 e. The summed E-state index contributed by atoms with van der Waals surface area (Å²) < 4.78 is 1.88. The van der Waals surface area contributed by atoms with Gasteiger partial charge in [-0.2, -0.15) is 5.10 Å². The first kappa shape index (κ1) is 18.0. The van der Waals surface area contributed by atoms with E-state index in [4.69, 9.17) is 0 Å². The van der Waals surface area contributed by atoms with Crippen molar-refractivity contribution in [3.8, 4) is 0 Å². The van der Waals surface area contributed by atoms with E-state index in [1.54, 1.807) is 0 Å². The van der Waals surface area contributed by atoms with E-state index in [1.165, 1.54) is 44.2 Å². The number of carbonyl (C=O) groups excluding carboxylic acids is 1. The molecule has 3 saturated heterocycles. The SMILES string of the molecule is Cn1cc(CN2CCC(N3CCCC(C(=O)N4CCCC4)C3)CC2)cn1. The van der Waals surface area contributed by atoms with Crippen molar-refractivity contribution in [3.63, 3.8) is 0 Å². The van der Waals surface area contributed by atoms with E-state index in [-0.39, 0.29) is 5.92 Å². The van der Waals surface area contributed by atoms with Gasteiger partial charge in [0.2, 0.25) is 5.91 Å². The molecule has 4 rings (SSSR count). The third-order valence-corrected chi connectivity index (χ3v) is 6.46. The molecule has 1 aromatic rings. The maximum Gasteiger partial charge on any atom is 0.226 e. The minimum Gasteiger partial charge on any atom is -0.342 e. The van der Waals surface area contributed by atoms with E-state index in [2.05, 4.69) is 26.0 Å². The molecule has 1 aromatic heterocycles. The second-order valence-corrected chi connectivity index (χ2v) is 8.40. The molecule has 4 heterocycles. The van der Waals surface area contributed by atoms with Gasteiger partial charge in [-0.25, -0.2) is 0 Å². The van der Waals surface area contributed by atoms with Gasteiger partial charge in [0.15, 0.2) is 0 Å². The van der Waals surface area contributed by atoms with Crippen LogP contribution in [0.4, 0.5) is 0 Å². The number of hydrogen-bond acceptors (Lipinski definition) is 4. The molecule has 0 aromatic carbocycles. The first-order valence-electron chi connectivity index (χ1n) is 10.4. The number of piperidine rings is 2. The maximum absolute atomic E-state index is 12.8. The van der Waals surface area contributed by atoms with E-state index in [1.807, 2.05) is 17.9 Å². The van der Waals surface area contributed by atoms with Gasteiger partial charge < -0.3 is 4.90 Å². The Bertz CT molecular complexity index is 601. The zero-order valence-electron chi connectivity index (χ0n) is 16.1. The first-order chi connectivity index (χ1) is 12.7. The van der Waals surface area contributed by atoms with Crippen molar-refractivity contribution in [2.24, 2.45) is 13.0 Å². The van der Waals surface area contributed by atoms with Crippen LogP contribution < -0.4 is 0 Å². The number of aryl methyl sites for hydroxylation is 1. The molecule has 1 amide bonds. The second kappa shape index (κ2) is 8.09. The Hall–Kier alpha value is -1.40. The Morgan fingerprint density at radius 3 is 2.54 bits per heavy atom. The normalized spacial score (nSPS) is 26.5. The molecule has 26 heavy (non-hydrogen) atoms. The molecule has 0 spiro atoms. The van der Waals surface area contributed by atoms with E-state index < -0.39 is 0 Å². The molecule has 0 saturated carbocycles. The summed E-state index contributed by atoms with van der Waals surface area (Å²) in [5.74, 6) is 0.677. The minimum atomic E-state index is 0.246. The average Bonchev–Trinajstić information content (AvgIpc) is 3.34. The largest absolute Gasteiger partial charge is 0.342 e. The first-order valence-corrected chi connectivity index (χ1v) is 10.4. The maximum atomic E-state index is 12.8. The van der Waals surface area contributed by atoms with Crippen LogP contribution in [0.3, 0.4) is 0 Å². The number of amides is 1. The van der Waals surface area contributed by atoms with Gasteiger partial charge in [-0.3, -0.25) is 19.3 Å². The van der Waals surface area contributed by atoms with Gasteiger partial charge in [0, 0.05) is 51.0 Å². The van der Waals surface area contributed by atoms with Gasteiger partial charge in [-0.1, -0.05) is 0 Å². The predicted molar refractivity (Wildman–Crippen MR) is 102 cm³/mol. The summed E-state index contributed by atoms with van der Waals surface area (Å²) in [5, 5.41) is 4.27. The lowest BCUT2D eigenvalue weighted by molar-refractivity contribution is -0.136. The number of carbonyl (C=O) groups is 1. The van der Waals surface area contributed by atoms with Crippen LogP contribution in [-0.4, -0.2) is 75.7 Å². The van der Waals surface area contributed by atoms with Crippen LogP contribution in [0.1, 0.15) is 44.1 Å². The molecule has 0 N–H and O–H groups in total. The number of rotatable bonds is 4. The highest BCUT2D eigenvalue weighted by molar-refractivity contribution is 5.79. The third-order valence-electron chi connectivity index (χ3n) is 6.46. The van der Waals surface area contributed by atoms with Crippen molar-refractivity contribution in [2.75, 3.05) is 39.3 Å². The summed E-state index contributed by atoms with van der Waals surface area (Å²) in [7, 11) is 1.98. The lowest BCUT2D eigenvalue weighted by atomic mass is 9.93. The summed E-state index contributed by atoms with van der Waals surface area (Å²) >= 11 is 0. The van der Waals surface area contributed by atoms with Crippen LogP contribution >= 0.6 is 0 Å². The molecule has 6 nitrogen and oxygen atoms in total. The molecule has 3 aliphatic heterocycles. The van der Waals surface area contributed by atoms with Gasteiger partial charge in [-0.05, 0) is 58.2 Å². The molecule has 1 atom stereocenters. The minimum absolute atomic E-state index is 0.246. The Morgan fingerprint density at radius 1 is 1.08 bits per heavy atom. The fraction of sp³-hybridized carbons (Fsp3) is 0.800. The standard InChI is InChI=1S/C20H33N5O/c1-22-14-17(13-21-22)15-23-11-6-19(7-12-23)25-10-4-5-18(16-25)20(26)24-8-2-3-9-24/h13-14,18-19H,2-12,15-16H2,1H3.